The molecule has 0 aliphatic carbocycles. The van der Waals surface area contributed by atoms with Gasteiger partial charge < -0.3 is 10.1 Å². The second-order valence-electron chi connectivity index (χ2n) is 3.81. The van der Waals surface area contributed by atoms with E-state index in [0.29, 0.717) is 19.6 Å². The van der Waals surface area contributed by atoms with E-state index in [1.54, 1.807) is 6.92 Å². The summed E-state index contributed by atoms with van der Waals surface area (Å²) < 4.78 is 30.9. The van der Waals surface area contributed by atoms with E-state index in [2.05, 4.69) is 10.0 Å². The zero-order valence-electron chi connectivity index (χ0n) is 10.5. The van der Waals surface area contributed by atoms with Crippen molar-refractivity contribution in [2.45, 2.75) is 32.7 Å². The van der Waals surface area contributed by atoms with Crippen LogP contribution in [0.3, 0.4) is 0 Å². The molecule has 0 saturated heterocycles. The molecule has 16 heavy (non-hydrogen) atoms. The summed E-state index contributed by atoms with van der Waals surface area (Å²) in [5, 5.41) is 2.99. The largest absolute Gasteiger partial charge is 0.380 e. The number of rotatable bonds is 10. The minimum atomic E-state index is -3.15. The van der Waals surface area contributed by atoms with Crippen LogP contribution in [0.1, 0.15) is 26.7 Å². The fourth-order valence-corrected chi connectivity index (χ4v) is 2.67. The average Bonchev–Trinajstić information content (AvgIpc) is 2.21. The number of ether oxygens (including phenoxy) is 1. The van der Waals surface area contributed by atoms with Crippen molar-refractivity contribution in [3.05, 3.63) is 0 Å². The predicted molar refractivity (Wildman–Crippen MR) is 66.0 cm³/mol. The van der Waals surface area contributed by atoms with Gasteiger partial charge in [0, 0.05) is 12.6 Å². The highest BCUT2D eigenvalue weighted by molar-refractivity contribution is 7.89. The van der Waals surface area contributed by atoms with Gasteiger partial charge in [0.05, 0.1) is 12.4 Å². The molecule has 0 saturated carbocycles. The first-order chi connectivity index (χ1) is 7.52. The van der Waals surface area contributed by atoms with Gasteiger partial charge in [-0.25, -0.2) is 13.1 Å². The minimum absolute atomic E-state index is 0.158. The first-order valence-electron chi connectivity index (χ1n) is 5.74. The molecule has 0 aromatic carbocycles. The Morgan fingerprint density at radius 2 is 2.00 bits per heavy atom. The van der Waals surface area contributed by atoms with Crippen molar-refractivity contribution in [2.24, 2.45) is 0 Å². The molecule has 0 aromatic heterocycles. The zero-order chi connectivity index (χ0) is 12.4. The van der Waals surface area contributed by atoms with E-state index in [-0.39, 0.29) is 11.8 Å². The Bertz CT molecular complexity index is 255. The van der Waals surface area contributed by atoms with E-state index in [0.717, 1.165) is 13.0 Å². The first-order valence-corrected chi connectivity index (χ1v) is 7.39. The minimum Gasteiger partial charge on any atom is -0.380 e. The van der Waals surface area contributed by atoms with Crippen LogP contribution in [0.2, 0.25) is 0 Å². The molecule has 0 radical (unpaired) electrons. The van der Waals surface area contributed by atoms with E-state index >= 15 is 0 Å². The van der Waals surface area contributed by atoms with Gasteiger partial charge in [0.2, 0.25) is 10.0 Å². The van der Waals surface area contributed by atoms with Gasteiger partial charge in [-0.15, -0.1) is 0 Å². The summed E-state index contributed by atoms with van der Waals surface area (Å²) in [6, 6.07) is -0.158. The molecular weight excluding hydrogens is 228 g/mol. The van der Waals surface area contributed by atoms with Crippen LogP contribution in [0, 0.1) is 0 Å². The molecule has 0 heterocycles. The molecule has 0 aromatic rings. The van der Waals surface area contributed by atoms with Gasteiger partial charge in [-0.1, -0.05) is 0 Å². The van der Waals surface area contributed by atoms with E-state index in [1.807, 2.05) is 14.0 Å². The van der Waals surface area contributed by atoms with Crippen molar-refractivity contribution in [1.29, 1.82) is 0 Å². The Kier molecular flexibility index (Phi) is 8.83. The second kappa shape index (κ2) is 8.92. The maximum atomic E-state index is 11.6. The smallest absolute Gasteiger partial charge is 0.211 e. The molecule has 1 atom stereocenters. The van der Waals surface area contributed by atoms with Gasteiger partial charge >= 0.3 is 0 Å². The lowest BCUT2D eigenvalue weighted by atomic mass is 10.3. The number of hydrogen-bond donors (Lipinski definition) is 2. The number of unbranched alkanes of at least 4 members (excludes halogenated alkanes) is 1. The van der Waals surface area contributed by atoms with Crippen molar-refractivity contribution in [3.63, 3.8) is 0 Å². The van der Waals surface area contributed by atoms with Crippen molar-refractivity contribution < 1.29 is 13.2 Å². The summed E-state index contributed by atoms with van der Waals surface area (Å²) >= 11 is 0. The third-order valence-corrected chi connectivity index (χ3v) is 3.63. The third kappa shape index (κ3) is 9.08. The van der Waals surface area contributed by atoms with Gasteiger partial charge in [-0.3, -0.25) is 0 Å². The lowest BCUT2D eigenvalue weighted by Gasteiger charge is -2.13. The van der Waals surface area contributed by atoms with E-state index in [1.165, 1.54) is 0 Å². The van der Waals surface area contributed by atoms with Gasteiger partial charge in [0.25, 0.3) is 0 Å². The number of hydrogen-bond acceptors (Lipinski definition) is 4. The first kappa shape index (κ1) is 15.8. The molecule has 0 spiro atoms. The van der Waals surface area contributed by atoms with Crippen LogP contribution in [0.4, 0.5) is 0 Å². The molecule has 5 nitrogen and oxygen atoms in total. The normalized spacial score (nSPS) is 13.9. The summed E-state index contributed by atoms with van der Waals surface area (Å²) in [4.78, 5) is 0. The third-order valence-electron chi connectivity index (χ3n) is 2.04. The molecule has 0 aliphatic heterocycles. The van der Waals surface area contributed by atoms with Crippen LogP contribution in [0.25, 0.3) is 0 Å². The lowest BCUT2D eigenvalue weighted by molar-refractivity contribution is 0.133. The van der Waals surface area contributed by atoms with Crippen LogP contribution in [0.5, 0.6) is 0 Å². The summed E-state index contributed by atoms with van der Waals surface area (Å²) in [5.74, 6) is 0.186. The molecule has 1 unspecified atom stereocenters. The fourth-order valence-electron chi connectivity index (χ4n) is 1.29. The highest BCUT2D eigenvalue weighted by atomic mass is 32.2. The molecule has 0 fully saturated rings. The molecule has 98 valence electrons. The summed E-state index contributed by atoms with van der Waals surface area (Å²) in [5.41, 5.74) is 0. The molecule has 6 heteroatoms. The Labute approximate surface area is 99.0 Å². The van der Waals surface area contributed by atoms with Crippen molar-refractivity contribution >= 4 is 10.0 Å². The molecular formula is C10H24N2O3S. The van der Waals surface area contributed by atoms with Crippen LogP contribution < -0.4 is 10.0 Å². The maximum Gasteiger partial charge on any atom is 0.211 e. The zero-order valence-corrected chi connectivity index (χ0v) is 11.3. The highest BCUT2D eigenvalue weighted by Crippen LogP contribution is 1.96. The number of sulfonamides is 1. The van der Waals surface area contributed by atoms with Crippen LogP contribution in [-0.2, 0) is 14.8 Å². The van der Waals surface area contributed by atoms with Crippen molar-refractivity contribution in [1.82, 2.24) is 10.0 Å². The Morgan fingerprint density at radius 1 is 1.31 bits per heavy atom. The predicted octanol–water partition coefficient (Wildman–Crippen LogP) is 0.330. The fraction of sp³-hybridized carbons (Fsp3) is 1.00. The average molecular weight is 252 g/mol. The van der Waals surface area contributed by atoms with Crippen LogP contribution >= 0.6 is 0 Å². The van der Waals surface area contributed by atoms with Crippen molar-refractivity contribution in [2.75, 3.05) is 32.6 Å². The van der Waals surface area contributed by atoms with Gasteiger partial charge in [0.15, 0.2) is 0 Å². The van der Waals surface area contributed by atoms with Crippen LogP contribution in [-0.4, -0.2) is 47.0 Å². The van der Waals surface area contributed by atoms with E-state index in [4.69, 9.17) is 4.74 Å². The molecule has 0 rings (SSSR count). The number of nitrogens with one attached hydrogen (secondary N) is 2. The maximum absolute atomic E-state index is 11.6. The lowest BCUT2D eigenvalue weighted by Crippen LogP contribution is -2.37. The molecule has 0 amide bonds. The van der Waals surface area contributed by atoms with E-state index < -0.39 is 10.0 Å². The molecule has 0 aliphatic rings. The van der Waals surface area contributed by atoms with E-state index in [9.17, 15) is 8.42 Å². The monoisotopic (exact) mass is 252 g/mol. The summed E-state index contributed by atoms with van der Waals surface area (Å²) in [6.45, 7) is 5.57. The van der Waals surface area contributed by atoms with Gasteiger partial charge in [-0.05, 0) is 40.3 Å². The van der Waals surface area contributed by atoms with Crippen molar-refractivity contribution in [3.8, 4) is 0 Å². The SMILES string of the molecule is CCOCC(C)NS(=O)(=O)CCCCNC. The summed E-state index contributed by atoms with van der Waals surface area (Å²) in [7, 11) is -1.29. The Balaban J connectivity index is 3.76. The summed E-state index contributed by atoms with van der Waals surface area (Å²) in [6.07, 6.45) is 1.55. The molecule has 2 N–H and O–H groups in total. The Hall–Kier alpha value is -0.170. The Morgan fingerprint density at radius 3 is 2.56 bits per heavy atom. The molecule has 0 bridgehead atoms. The highest BCUT2D eigenvalue weighted by Gasteiger charge is 2.13. The van der Waals surface area contributed by atoms with Crippen LogP contribution in [0.15, 0.2) is 0 Å². The van der Waals surface area contributed by atoms with Gasteiger partial charge in [-0.2, -0.15) is 0 Å². The second-order valence-corrected chi connectivity index (χ2v) is 5.68. The standard InChI is InChI=1S/C10H24N2O3S/c1-4-15-9-10(2)12-16(13,14)8-6-5-7-11-3/h10-12H,4-9H2,1-3H3. The van der Waals surface area contributed by atoms with Gasteiger partial charge in [0.1, 0.15) is 0 Å². The quantitative estimate of drug-likeness (QED) is 0.550. The topological polar surface area (TPSA) is 67.4 Å².